The van der Waals surface area contributed by atoms with Crippen LogP contribution in [0.3, 0.4) is 0 Å². The molecule has 0 aromatic heterocycles. The van der Waals surface area contributed by atoms with Crippen molar-refractivity contribution >= 4 is 5.97 Å². The largest absolute Gasteiger partial charge is 0.435 e. The summed E-state index contributed by atoms with van der Waals surface area (Å²) in [6, 6.07) is 0. The summed E-state index contributed by atoms with van der Waals surface area (Å²) in [5, 5.41) is 0. The number of esters is 1. The first kappa shape index (κ1) is 16.4. The predicted octanol–water partition coefficient (Wildman–Crippen LogP) is 4.93. The zero-order chi connectivity index (χ0) is 17.7. The van der Waals surface area contributed by atoms with Gasteiger partial charge in [-0.3, -0.25) is 4.79 Å². The van der Waals surface area contributed by atoms with Crippen molar-refractivity contribution in [3.05, 3.63) is 0 Å². The summed E-state index contributed by atoms with van der Waals surface area (Å²) in [5.74, 6) is 4.50. The second-order valence-corrected chi connectivity index (χ2v) is 11.1. The molecule has 3 heteroatoms. The SMILES string of the molecule is C[C@]12CC[C@H]3[C@@H](CCC4CCCC[C@@]43C)[C@H]1CC1OC3OC(=O)C[C@@H]3[C@@H]12. The third kappa shape index (κ3) is 1.92. The van der Waals surface area contributed by atoms with Crippen LogP contribution in [0.25, 0.3) is 0 Å². The van der Waals surface area contributed by atoms with Gasteiger partial charge in [0.25, 0.3) is 0 Å². The van der Waals surface area contributed by atoms with Crippen molar-refractivity contribution in [2.75, 3.05) is 0 Å². The number of hydrogen-bond donors (Lipinski definition) is 0. The van der Waals surface area contributed by atoms with Gasteiger partial charge in [-0.2, -0.15) is 0 Å². The first-order valence-electron chi connectivity index (χ1n) is 11.4. The van der Waals surface area contributed by atoms with Gasteiger partial charge >= 0.3 is 5.97 Å². The minimum Gasteiger partial charge on any atom is -0.435 e. The summed E-state index contributed by atoms with van der Waals surface area (Å²) in [6.45, 7) is 5.21. The van der Waals surface area contributed by atoms with E-state index in [0.717, 1.165) is 23.7 Å². The molecule has 3 unspecified atom stereocenters. The lowest BCUT2D eigenvalue weighted by atomic mass is 9.44. The van der Waals surface area contributed by atoms with Gasteiger partial charge in [0.05, 0.1) is 12.5 Å². The third-order valence-corrected chi connectivity index (χ3v) is 10.4. The highest BCUT2D eigenvalue weighted by molar-refractivity contribution is 5.72. The predicted molar refractivity (Wildman–Crippen MR) is 98.1 cm³/mol. The molecule has 0 radical (unpaired) electrons. The van der Waals surface area contributed by atoms with E-state index in [4.69, 9.17) is 9.47 Å². The zero-order valence-electron chi connectivity index (χ0n) is 16.4. The van der Waals surface area contributed by atoms with Gasteiger partial charge in [-0.15, -0.1) is 0 Å². The van der Waals surface area contributed by atoms with Crippen LogP contribution in [0.5, 0.6) is 0 Å². The van der Waals surface area contributed by atoms with E-state index in [1.165, 1.54) is 57.8 Å². The highest BCUT2D eigenvalue weighted by Crippen LogP contribution is 2.70. The molecule has 4 saturated carbocycles. The fourth-order valence-electron chi connectivity index (χ4n) is 9.38. The Hall–Kier alpha value is -0.570. The highest BCUT2D eigenvalue weighted by atomic mass is 16.7. The number of fused-ring (bicyclic) bond motifs is 9. The number of carbonyl (C=O) groups excluding carboxylic acids is 1. The molecule has 2 aliphatic heterocycles. The quantitative estimate of drug-likeness (QED) is 0.576. The molecule has 0 bridgehead atoms. The Morgan fingerprint density at radius 3 is 2.69 bits per heavy atom. The first-order chi connectivity index (χ1) is 12.5. The number of rotatable bonds is 0. The summed E-state index contributed by atoms with van der Waals surface area (Å²) in [4.78, 5) is 11.8. The van der Waals surface area contributed by atoms with E-state index in [1.807, 2.05) is 0 Å². The van der Waals surface area contributed by atoms with Crippen LogP contribution < -0.4 is 0 Å². The third-order valence-electron chi connectivity index (χ3n) is 10.4. The van der Waals surface area contributed by atoms with E-state index in [1.54, 1.807) is 0 Å². The fraction of sp³-hybridized carbons (Fsp3) is 0.957. The van der Waals surface area contributed by atoms with Crippen LogP contribution in [-0.4, -0.2) is 18.4 Å². The number of ether oxygens (including phenoxy) is 2. The minimum atomic E-state index is -0.223. The first-order valence-corrected chi connectivity index (χ1v) is 11.4. The van der Waals surface area contributed by atoms with Gasteiger partial charge in [0.15, 0.2) is 0 Å². The maximum atomic E-state index is 11.8. The Labute approximate surface area is 157 Å². The molecule has 144 valence electrons. The summed E-state index contributed by atoms with van der Waals surface area (Å²) >= 11 is 0. The van der Waals surface area contributed by atoms with Crippen molar-refractivity contribution in [3.63, 3.8) is 0 Å². The number of hydrogen-bond acceptors (Lipinski definition) is 3. The minimum absolute atomic E-state index is 0.0330. The monoisotopic (exact) mass is 358 g/mol. The Kier molecular flexibility index (Phi) is 3.32. The molecule has 6 rings (SSSR count). The topological polar surface area (TPSA) is 35.5 Å². The van der Waals surface area contributed by atoms with Crippen LogP contribution in [0.2, 0.25) is 0 Å². The van der Waals surface area contributed by atoms with Gasteiger partial charge < -0.3 is 9.47 Å². The van der Waals surface area contributed by atoms with E-state index >= 15 is 0 Å². The molecule has 2 heterocycles. The summed E-state index contributed by atoms with van der Waals surface area (Å²) < 4.78 is 11.8. The van der Waals surface area contributed by atoms with Crippen LogP contribution >= 0.6 is 0 Å². The molecule has 2 saturated heterocycles. The lowest BCUT2D eigenvalue weighted by Gasteiger charge is -2.60. The second-order valence-electron chi connectivity index (χ2n) is 11.1. The maximum Gasteiger partial charge on any atom is 0.308 e. The standard InChI is InChI=1S/C23H34O3/c1-22-9-4-3-5-13(22)6-7-14-16(22)8-10-23(2)17(14)12-18-20(23)15-11-19(24)26-21(15)25-18/h13-18,20-21H,3-12H2,1-2H3/t13?,14-,15-,16+,17-,18?,20+,21?,22+,23+/m1/s1. The van der Waals surface area contributed by atoms with Crippen molar-refractivity contribution in [3.8, 4) is 0 Å². The van der Waals surface area contributed by atoms with Gasteiger partial charge in [0.1, 0.15) is 0 Å². The van der Waals surface area contributed by atoms with Gasteiger partial charge in [-0.1, -0.05) is 26.7 Å². The molecule has 26 heavy (non-hydrogen) atoms. The average Bonchev–Trinajstić information content (AvgIpc) is 3.20. The summed E-state index contributed by atoms with van der Waals surface area (Å²) in [6.07, 6.45) is 13.5. The molecule has 0 aromatic carbocycles. The van der Waals surface area contributed by atoms with Crippen LogP contribution in [0.4, 0.5) is 0 Å². The molecule has 0 spiro atoms. The Balaban J connectivity index is 1.32. The van der Waals surface area contributed by atoms with Crippen LogP contribution in [0.1, 0.15) is 78.1 Å². The smallest absolute Gasteiger partial charge is 0.308 e. The Bertz CT molecular complexity index is 631. The van der Waals surface area contributed by atoms with Gasteiger partial charge in [-0.05, 0) is 79.4 Å². The molecular formula is C23H34O3. The van der Waals surface area contributed by atoms with Crippen LogP contribution in [0, 0.1) is 46.3 Å². The van der Waals surface area contributed by atoms with Crippen molar-refractivity contribution in [2.45, 2.75) is 90.4 Å². The van der Waals surface area contributed by atoms with Gasteiger partial charge in [0, 0.05) is 11.8 Å². The van der Waals surface area contributed by atoms with Gasteiger partial charge in [0.2, 0.25) is 6.29 Å². The lowest BCUT2D eigenvalue weighted by Crippen LogP contribution is -2.53. The molecule has 10 atom stereocenters. The highest BCUT2D eigenvalue weighted by Gasteiger charge is 2.68. The molecule has 0 N–H and O–H groups in total. The van der Waals surface area contributed by atoms with E-state index in [-0.39, 0.29) is 12.3 Å². The van der Waals surface area contributed by atoms with Crippen molar-refractivity contribution < 1.29 is 14.3 Å². The normalized spacial score (nSPS) is 60.5. The molecule has 4 aliphatic carbocycles. The van der Waals surface area contributed by atoms with E-state index in [2.05, 4.69) is 13.8 Å². The Morgan fingerprint density at radius 2 is 1.81 bits per heavy atom. The summed E-state index contributed by atoms with van der Waals surface area (Å²) in [5.41, 5.74) is 0.979. The van der Waals surface area contributed by atoms with Crippen LogP contribution in [-0.2, 0) is 14.3 Å². The molecule has 6 fully saturated rings. The molecule has 6 aliphatic rings. The second kappa shape index (κ2) is 5.27. The zero-order valence-corrected chi connectivity index (χ0v) is 16.4. The maximum absolute atomic E-state index is 11.8. The van der Waals surface area contributed by atoms with Crippen LogP contribution in [0.15, 0.2) is 0 Å². The lowest BCUT2D eigenvalue weighted by molar-refractivity contribution is -0.165. The fourth-order valence-corrected chi connectivity index (χ4v) is 9.38. The van der Waals surface area contributed by atoms with Crippen molar-refractivity contribution in [1.82, 2.24) is 0 Å². The van der Waals surface area contributed by atoms with E-state index < -0.39 is 0 Å². The Morgan fingerprint density at radius 1 is 0.923 bits per heavy atom. The van der Waals surface area contributed by atoms with Crippen molar-refractivity contribution in [2.24, 2.45) is 46.3 Å². The van der Waals surface area contributed by atoms with E-state index in [0.29, 0.717) is 35.2 Å². The molecule has 0 aromatic rings. The summed E-state index contributed by atoms with van der Waals surface area (Å²) in [7, 11) is 0. The van der Waals surface area contributed by atoms with E-state index in [9.17, 15) is 4.79 Å². The van der Waals surface area contributed by atoms with Gasteiger partial charge in [-0.25, -0.2) is 0 Å². The molecule has 3 nitrogen and oxygen atoms in total. The molecular weight excluding hydrogens is 324 g/mol. The number of carbonyl (C=O) groups is 1. The molecule has 0 amide bonds. The average molecular weight is 359 g/mol. The van der Waals surface area contributed by atoms with Crippen molar-refractivity contribution in [1.29, 1.82) is 0 Å².